The lowest BCUT2D eigenvalue weighted by Gasteiger charge is -2.23. The van der Waals surface area contributed by atoms with Crippen LogP contribution in [0.1, 0.15) is 76.0 Å². The minimum absolute atomic E-state index is 0.0220. The SMILES string of the molecule is CCCN(CCCN)C(=O)C1=Cc2sc(CCCCCNC(=O)OC(C)(C)C)cc2N=C(N)C1. The number of amidine groups is 1. The van der Waals surface area contributed by atoms with E-state index < -0.39 is 5.60 Å². The van der Waals surface area contributed by atoms with E-state index >= 15 is 0 Å². The van der Waals surface area contributed by atoms with Crippen molar-refractivity contribution in [2.45, 2.75) is 78.2 Å². The smallest absolute Gasteiger partial charge is 0.407 e. The zero-order valence-corrected chi connectivity index (χ0v) is 21.9. The molecule has 1 aliphatic heterocycles. The molecule has 9 heteroatoms. The maximum Gasteiger partial charge on any atom is 0.407 e. The van der Waals surface area contributed by atoms with E-state index in [0.29, 0.717) is 44.0 Å². The average Bonchev–Trinajstić information content (AvgIpc) is 3.04. The molecule has 0 saturated carbocycles. The van der Waals surface area contributed by atoms with Crippen molar-refractivity contribution in [1.29, 1.82) is 0 Å². The maximum absolute atomic E-state index is 13.2. The zero-order valence-electron chi connectivity index (χ0n) is 21.1. The van der Waals surface area contributed by atoms with Gasteiger partial charge in [-0.05, 0) is 71.6 Å². The molecular formula is C25H41N5O3S. The van der Waals surface area contributed by atoms with Crippen LogP contribution in [-0.4, -0.2) is 54.5 Å². The number of hydrogen-bond acceptors (Lipinski definition) is 7. The molecule has 5 N–H and O–H groups in total. The van der Waals surface area contributed by atoms with Crippen LogP contribution >= 0.6 is 11.3 Å². The number of nitrogens with one attached hydrogen (secondary N) is 1. The molecule has 34 heavy (non-hydrogen) atoms. The number of aryl methyl sites for hydroxylation is 1. The number of fused-ring (bicyclic) bond motifs is 1. The Morgan fingerprint density at radius 1 is 1.21 bits per heavy atom. The predicted molar refractivity (Wildman–Crippen MR) is 141 cm³/mol. The van der Waals surface area contributed by atoms with Crippen LogP contribution in [0.4, 0.5) is 10.5 Å². The molecule has 1 aromatic rings. The van der Waals surface area contributed by atoms with Gasteiger partial charge in [0, 0.05) is 36.5 Å². The van der Waals surface area contributed by atoms with E-state index in [9.17, 15) is 9.59 Å². The highest BCUT2D eigenvalue weighted by atomic mass is 32.1. The lowest BCUT2D eigenvalue weighted by Crippen LogP contribution is -2.35. The Hall–Kier alpha value is -2.39. The van der Waals surface area contributed by atoms with Crippen LogP contribution in [0.2, 0.25) is 0 Å². The number of aliphatic imine (C=N–C) groups is 1. The second kappa shape index (κ2) is 13.5. The molecular weight excluding hydrogens is 450 g/mol. The molecule has 0 fully saturated rings. The molecule has 0 bridgehead atoms. The van der Waals surface area contributed by atoms with Gasteiger partial charge < -0.3 is 26.4 Å². The first-order valence-corrected chi connectivity index (χ1v) is 13.1. The Morgan fingerprint density at radius 3 is 2.65 bits per heavy atom. The molecule has 0 spiro atoms. The van der Waals surface area contributed by atoms with Crippen molar-refractivity contribution < 1.29 is 14.3 Å². The van der Waals surface area contributed by atoms with E-state index in [4.69, 9.17) is 16.2 Å². The van der Waals surface area contributed by atoms with Crippen LogP contribution < -0.4 is 16.8 Å². The van der Waals surface area contributed by atoms with Gasteiger partial charge in [-0.2, -0.15) is 0 Å². The third-order valence-electron chi connectivity index (χ3n) is 5.19. The number of carbonyl (C=O) groups excluding carboxylic acids is 2. The van der Waals surface area contributed by atoms with E-state index in [1.807, 2.05) is 31.7 Å². The van der Waals surface area contributed by atoms with Gasteiger partial charge in [0.1, 0.15) is 11.4 Å². The molecule has 0 unspecified atom stereocenters. The van der Waals surface area contributed by atoms with E-state index in [-0.39, 0.29) is 12.0 Å². The Kier molecular flexibility index (Phi) is 11.0. The highest BCUT2D eigenvalue weighted by Crippen LogP contribution is 2.35. The van der Waals surface area contributed by atoms with Crippen LogP contribution in [0.15, 0.2) is 16.6 Å². The number of alkyl carbamates (subject to hydrolysis) is 1. The van der Waals surface area contributed by atoms with Crippen LogP contribution in [0.25, 0.3) is 6.08 Å². The first-order chi connectivity index (χ1) is 16.1. The molecule has 0 aliphatic carbocycles. The number of ether oxygens (including phenoxy) is 1. The van der Waals surface area contributed by atoms with E-state index in [1.165, 1.54) is 4.88 Å². The van der Waals surface area contributed by atoms with Crippen molar-refractivity contribution in [2.24, 2.45) is 16.5 Å². The summed E-state index contributed by atoms with van der Waals surface area (Å²) in [6.07, 6.45) is 7.46. The van der Waals surface area contributed by atoms with Crippen molar-refractivity contribution in [3.8, 4) is 0 Å². The fourth-order valence-corrected chi connectivity index (χ4v) is 4.78. The molecule has 0 saturated heterocycles. The highest BCUT2D eigenvalue weighted by molar-refractivity contribution is 7.13. The third-order valence-corrected chi connectivity index (χ3v) is 6.32. The summed E-state index contributed by atoms with van der Waals surface area (Å²) in [5, 5.41) is 2.79. The van der Waals surface area contributed by atoms with Gasteiger partial charge in [-0.1, -0.05) is 13.3 Å². The van der Waals surface area contributed by atoms with Gasteiger partial charge in [-0.25, -0.2) is 9.79 Å². The number of amides is 2. The minimum atomic E-state index is -0.481. The zero-order chi connectivity index (χ0) is 25.1. The molecule has 2 heterocycles. The van der Waals surface area contributed by atoms with Gasteiger partial charge in [0.15, 0.2) is 0 Å². The summed E-state index contributed by atoms with van der Waals surface area (Å²) >= 11 is 1.67. The van der Waals surface area contributed by atoms with Gasteiger partial charge in [0.2, 0.25) is 5.91 Å². The molecule has 8 nitrogen and oxygen atoms in total. The van der Waals surface area contributed by atoms with Crippen molar-refractivity contribution in [2.75, 3.05) is 26.2 Å². The monoisotopic (exact) mass is 491 g/mol. The third kappa shape index (κ3) is 9.46. The lowest BCUT2D eigenvalue weighted by molar-refractivity contribution is -0.127. The summed E-state index contributed by atoms with van der Waals surface area (Å²) in [7, 11) is 0. The van der Waals surface area contributed by atoms with Gasteiger partial charge in [-0.15, -0.1) is 11.3 Å². The van der Waals surface area contributed by atoms with Crippen LogP contribution in [0, 0.1) is 0 Å². The van der Waals surface area contributed by atoms with Gasteiger partial charge >= 0.3 is 6.09 Å². The molecule has 2 rings (SSSR count). The number of nitrogens with zero attached hydrogens (tertiary/aromatic N) is 2. The fraction of sp³-hybridized carbons (Fsp3) is 0.640. The lowest BCUT2D eigenvalue weighted by atomic mass is 10.1. The fourth-order valence-electron chi connectivity index (χ4n) is 3.67. The second-order valence-corrected chi connectivity index (χ2v) is 10.8. The van der Waals surface area contributed by atoms with E-state index in [1.54, 1.807) is 11.3 Å². The molecule has 0 atom stereocenters. The van der Waals surface area contributed by atoms with Crippen LogP contribution in [0.3, 0.4) is 0 Å². The Morgan fingerprint density at radius 2 is 1.97 bits per heavy atom. The predicted octanol–water partition coefficient (Wildman–Crippen LogP) is 4.35. The standard InChI is InChI=1S/C25H41N5O3S/c1-5-13-30(14-9-11-26)23(31)18-15-21-20(29-22(27)16-18)17-19(34-21)10-7-6-8-12-28-24(32)33-25(2,3)4/h15,17H,5-14,16,26H2,1-4H3,(H2,27,29)(H,28,32). The molecule has 0 aromatic carbocycles. The Balaban J connectivity index is 1.92. The van der Waals surface area contributed by atoms with Crippen molar-refractivity contribution in [3.63, 3.8) is 0 Å². The summed E-state index contributed by atoms with van der Waals surface area (Å²) in [5.41, 5.74) is 12.9. The number of rotatable bonds is 12. The summed E-state index contributed by atoms with van der Waals surface area (Å²) in [6.45, 7) is 10.1. The number of nitrogens with two attached hydrogens (primary N) is 2. The minimum Gasteiger partial charge on any atom is -0.444 e. The maximum atomic E-state index is 13.2. The molecule has 0 radical (unpaired) electrons. The number of thiophene rings is 1. The van der Waals surface area contributed by atoms with Crippen LogP contribution in [-0.2, 0) is 16.0 Å². The van der Waals surface area contributed by atoms with Gasteiger partial charge in [-0.3, -0.25) is 4.79 Å². The molecule has 1 aliphatic rings. The molecule has 190 valence electrons. The van der Waals surface area contributed by atoms with Gasteiger partial charge in [0.05, 0.1) is 10.6 Å². The summed E-state index contributed by atoms with van der Waals surface area (Å²) in [5.74, 6) is 0.486. The number of carbonyl (C=O) groups is 2. The summed E-state index contributed by atoms with van der Waals surface area (Å²) < 4.78 is 5.24. The molecule has 2 amide bonds. The Bertz CT molecular complexity index is 886. The van der Waals surface area contributed by atoms with Gasteiger partial charge in [0.25, 0.3) is 0 Å². The number of hydrogen-bond donors (Lipinski definition) is 3. The van der Waals surface area contributed by atoms with E-state index in [2.05, 4.69) is 23.3 Å². The summed E-state index contributed by atoms with van der Waals surface area (Å²) in [6, 6.07) is 2.08. The Labute approximate surface area is 207 Å². The van der Waals surface area contributed by atoms with Crippen molar-refractivity contribution in [3.05, 3.63) is 21.4 Å². The highest BCUT2D eigenvalue weighted by Gasteiger charge is 2.22. The van der Waals surface area contributed by atoms with Crippen LogP contribution in [0.5, 0.6) is 0 Å². The topological polar surface area (TPSA) is 123 Å². The second-order valence-electron chi connectivity index (χ2n) is 9.59. The first-order valence-electron chi connectivity index (χ1n) is 12.3. The quantitative estimate of drug-likeness (QED) is 0.375. The van der Waals surface area contributed by atoms with Crippen molar-refractivity contribution in [1.82, 2.24) is 10.2 Å². The first kappa shape index (κ1) is 27.9. The number of unbranched alkanes of at least 4 members (excludes halogenated alkanes) is 2. The van der Waals surface area contributed by atoms with Crippen molar-refractivity contribution >= 4 is 40.9 Å². The normalized spacial score (nSPS) is 13.4. The largest absolute Gasteiger partial charge is 0.444 e. The molecule has 1 aromatic heterocycles. The summed E-state index contributed by atoms with van der Waals surface area (Å²) in [4.78, 5) is 33.5. The average molecular weight is 492 g/mol. The van der Waals surface area contributed by atoms with E-state index in [0.717, 1.165) is 49.1 Å².